The Hall–Kier alpha value is -3.04. The number of thioether (sulfide) groups is 1. The van der Waals surface area contributed by atoms with Gasteiger partial charge in [0.15, 0.2) is 5.16 Å². The van der Waals surface area contributed by atoms with E-state index in [1.165, 1.54) is 6.20 Å². The van der Waals surface area contributed by atoms with Gasteiger partial charge in [-0.25, -0.2) is 15.0 Å². The lowest BCUT2D eigenvalue weighted by molar-refractivity contribution is 0.0699. The van der Waals surface area contributed by atoms with Crippen molar-refractivity contribution in [2.75, 3.05) is 39.7 Å². The van der Waals surface area contributed by atoms with Gasteiger partial charge in [-0.05, 0) is 30.5 Å². The molecule has 33 heavy (non-hydrogen) atoms. The molecule has 0 saturated carbocycles. The maximum Gasteiger partial charge on any atom is 0.274 e. The number of ether oxygens (including phenoxy) is 2. The Morgan fingerprint density at radius 3 is 2.91 bits per heavy atom. The molecule has 2 aromatic heterocycles. The van der Waals surface area contributed by atoms with Gasteiger partial charge in [0.25, 0.3) is 5.91 Å². The van der Waals surface area contributed by atoms with Crippen LogP contribution in [0.25, 0.3) is 11.1 Å². The average Bonchev–Trinajstić information content (AvgIpc) is 2.89. The Labute approximate surface area is 197 Å². The van der Waals surface area contributed by atoms with Gasteiger partial charge in [-0.2, -0.15) is 0 Å². The molecule has 4 rings (SSSR count). The summed E-state index contributed by atoms with van der Waals surface area (Å²) in [6, 6.07) is 7.91. The highest BCUT2D eigenvalue weighted by Gasteiger charge is 2.29. The van der Waals surface area contributed by atoms with Crippen molar-refractivity contribution < 1.29 is 14.3 Å². The van der Waals surface area contributed by atoms with Crippen LogP contribution in [0.15, 0.2) is 54.2 Å². The Morgan fingerprint density at radius 1 is 1.21 bits per heavy atom. The number of hydrogen-bond donors (Lipinski definition) is 0. The van der Waals surface area contributed by atoms with Crippen LogP contribution in [0.1, 0.15) is 34.9 Å². The van der Waals surface area contributed by atoms with Crippen molar-refractivity contribution in [2.45, 2.75) is 23.9 Å². The van der Waals surface area contributed by atoms with Gasteiger partial charge < -0.3 is 14.4 Å². The van der Waals surface area contributed by atoms with Gasteiger partial charge in [-0.3, -0.25) is 9.78 Å². The smallest absolute Gasteiger partial charge is 0.274 e. The molecule has 172 valence electrons. The fraction of sp³-hybridized carbons (Fsp3) is 0.375. The first-order valence-corrected chi connectivity index (χ1v) is 11.9. The first kappa shape index (κ1) is 23.1. The minimum Gasteiger partial charge on any atom is -0.497 e. The number of amides is 1. The number of hydrogen-bond acceptors (Lipinski definition) is 8. The number of piperidine rings is 1. The molecule has 0 spiro atoms. The lowest BCUT2D eigenvalue weighted by Crippen LogP contribution is -2.39. The van der Waals surface area contributed by atoms with Gasteiger partial charge in [0, 0.05) is 56.0 Å². The van der Waals surface area contributed by atoms with E-state index in [0.29, 0.717) is 30.5 Å². The highest BCUT2D eigenvalue weighted by Crippen LogP contribution is 2.35. The third-order valence-corrected chi connectivity index (χ3v) is 6.40. The second-order valence-corrected chi connectivity index (χ2v) is 8.77. The molecule has 0 radical (unpaired) electrons. The number of benzene rings is 1. The topological polar surface area (TPSA) is 90.3 Å². The third-order valence-electron chi connectivity index (χ3n) is 5.57. The van der Waals surface area contributed by atoms with E-state index in [4.69, 9.17) is 14.5 Å². The fourth-order valence-corrected chi connectivity index (χ4v) is 4.67. The zero-order valence-electron chi connectivity index (χ0n) is 18.8. The fourth-order valence-electron chi connectivity index (χ4n) is 3.94. The zero-order chi connectivity index (χ0) is 23.0. The van der Waals surface area contributed by atoms with Gasteiger partial charge >= 0.3 is 0 Å². The van der Waals surface area contributed by atoms with Gasteiger partial charge in [-0.15, -0.1) is 0 Å². The summed E-state index contributed by atoms with van der Waals surface area (Å²) in [5, 5.41) is 0.714. The maximum atomic E-state index is 13.0. The van der Waals surface area contributed by atoms with Gasteiger partial charge in [0.2, 0.25) is 0 Å². The van der Waals surface area contributed by atoms with Crippen LogP contribution in [0.5, 0.6) is 5.75 Å². The molecule has 1 amide bonds. The number of likely N-dealkylation sites (tertiary alicyclic amines) is 1. The third kappa shape index (κ3) is 5.66. The van der Waals surface area contributed by atoms with Crippen molar-refractivity contribution >= 4 is 17.7 Å². The van der Waals surface area contributed by atoms with E-state index in [-0.39, 0.29) is 11.8 Å². The minimum atomic E-state index is -0.0977. The van der Waals surface area contributed by atoms with E-state index in [1.54, 1.807) is 38.4 Å². The predicted molar refractivity (Wildman–Crippen MR) is 127 cm³/mol. The molecule has 3 aromatic rings. The number of aromatic nitrogens is 4. The van der Waals surface area contributed by atoms with Crippen LogP contribution in [0.4, 0.5) is 0 Å². The first-order chi connectivity index (χ1) is 16.2. The molecule has 1 unspecified atom stereocenters. The van der Waals surface area contributed by atoms with E-state index < -0.39 is 0 Å². The average molecular weight is 466 g/mol. The van der Waals surface area contributed by atoms with Crippen molar-refractivity contribution in [1.82, 2.24) is 24.8 Å². The Bertz CT molecular complexity index is 1080. The van der Waals surface area contributed by atoms with Crippen molar-refractivity contribution in [1.29, 1.82) is 0 Å². The summed E-state index contributed by atoms with van der Waals surface area (Å²) in [6.07, 6.45) is 8.35. The molecule has 1 aliphatic heterocycles. The quantitative estimate of drug-likeness (QED) is 0.283. The molecule has 3 heterocycles. The molecular weight excluding hydrogens is 438 g/mol. The summed E-state index contributed by atoms with van der Waals surface area (Å²) in [6.45, 7) is 1.90. The molecule has 1 aromatic carbocycles. The summed E-state index contributed by atoms with van der Waals surface area (Å²) in [4.78, 5) is 32.6. The number of carbonyl (C=O) groups excluding carboxylic acids is 1. The summed E-state index contributed by atoms with van der Waals surface area (Å²) in [7, 11) is 3.34. The van der Waals surface area contributed by atoms with E-state index in [0.717, 1.165) is 41.2 Å². The molecule has 0 bridgehead atoms. The Balaban J connectivity index is 1.65. The zero-order valence-corrected chi connectivity index (χ0v) is 19.6. The number of rotatable bonds is 8. The minimum absolute atomic E-state index is 0.0883. The SMILES string of the molecule is COCCSc1ncc(-c2cccc(OC)c2)c(C2CCCN(C(=O)c3cnccn3)C2)n1. The predicted octanol–water partition coefficient (Wildman–Crippen LogP) is 3.70. The first-order valence-electron chi connectivity index (χ1n) is 10.9. The standard InChI is InChI=1S/C24H27N5O3S/c1-31-11-12-33-24-27-14-20(17-5-3-7-19(13-17)32-2)22(28-24)18-6-4-10-29(16-18)23(30)21-15-25-8-9-26-21/h3,5,7-9,13-15,18H,4,6,10-12,16H2,1-2H3. The van der Waals surface area contributed by atoms with Crippen LogP contribution in [-0.4, -0.2) is 70.4 Å². The highest BCUT2D eigenvalue weighted by molar-refractivity contribution is 7.99. The number of carbonyl (C=O) groups is 1. The lowest BCUT2D eigenvalue weighted by atomic mass is 9.90. The largest absolute Gasteiger partial charge is 0.497 e. The van der Waals surface area contributed by atoms with Crippen LogP contribution < -0.4 is 4.74 Å². The van der Waals surface area contributed by atoms with Crippen LogP contribution in [0.2, 0.25) is 0 Å². The van der Waals surface area contributed by atoms with Crippen LogP contribution in [0, 0.1) is 0 Å². The maximum absolute atomic E-state index is 13.0. The number of nitrogens with zero attached hydrogens (tertiary/aromatic N) is 5. The van der Waals surface area contributed by atoms with Crippen LogP contribution >= 0.6 is 11.8 Å². The van der Waals surface area contributed by atoms with Gasteiger partial charge in [0.05, 0.1) is 25.6 Å². The molecule has 0 aliphatic carbocycles. The molecule has 1 saturated heterocycles. The van der Waals surface area contributed by atoms with Crippen molar-refractivity contribution in [3.8, 4) is 16.9 Å². The molecule has 0 N–H and O–H groups in total. The second kappa shape index (κ2) is 11.2. The summed E-state index contributed by atoms with van der Waals surface area (Å²) < 4.78 is 10.6. The molecule has 9 heteroatoms. The van der Waals surface area contributed by atoms with Crippen LogP contribution in [0.3, 0.4) is 0 Å². The molecule has 1 atom stereocenters. The van der Waals surface area contributed by atoms with Crippen molar-refractivity contribution in [3.63, 3.8) is 0 Å². The van der Waals surface area contributed by atoms with E-state index in [9.17, 15) is 4.79 Å². The summed E-state index contributed by atoms with van der Waals surface area (Å²) >= 11 is 1.57. The van der Waals surface area contributed by atoms with E-state index >= 15 is 0 Å². The summed E-state index contributed by atoms with van der Waals surface area (Å²) in [5.74, 6) is 1.54. The lowest BCUT2D eigenvalue weighted by Gasteiger charge is -2.33. The van der Waals surface area contributed by atoms with Gasteiger partial charge in [0.1, 0.15) is 11.4 Å². The van der Waals surface area contributed by atoms with Gasteiger partial charge in [-0.1, -0.05) is 23.9 Å². The highest BCUT2D eigenvalue weighted by atomic mass is 32.2. The molecule has 1 fully saturated rings. The number of methoxy groups -OCH3 is 2. The van der Waals surface area contributed by atoms with Crippen LogP contribution in [-0.2, 0) is 4.74 Å². The molecular formula is C24H27N5O3S. The van der Waals surface area contributed by atoms with Crippen molar-refractivity contribution in [3.05, 3.63) is 60.4 Å². The second-order valence-electron chi connectivity index (χ2n) is 7.71. The normalized spacial score (nSPS) is 15.9. The van der Waals surface area contributed by atoms with E-state index in [1.807, 2.05) is 35.4 Å². The van der Waals surface area contributed by atoms with Crippen molar-refractivity contribution in [2.24, 2.45) is 0 Å². The van der Waals surface area contributed by atoms with E-state index in [2.05, 4.69) is 15.0 Å². The summed E-state index contributed by atoms with van der Waals surface area (Å²) in [5.41, 5.74) is 3.28. The molecule has 1 aliphatic rings. The molecule has 8 nitrogen and oxygen atoms in total. The monoisotopic (exact) mass is 465 g/mol. The Morgan fingerprint density at radius 2 is 2.12 bits per heavy atom. The Kier molecular flexibility index (Phi) is 7.85.